The minimum atomic E-state index is -0.363. The van der Waals surface area contributed by atoms with E-state index in [1.807, 2.05) is 27.7 Å². The molecule has 2 aromatic rings. The normalized spacial score (nSPS) is 9.74. The molecule has 0 spiro atoms. The number of pyridine rings is 2. The van der Waals surface area contributed by atoms with Gasteiger partial charge >= 0.3 is 11.9 Å². The Kier molecular flexibility index (Phi) is 8.31. The molecule has 0 N–H and O–H groups in total. The number of methoxy groups -OCH3 is 2. The van der Waals surface area contributed by atoms with E-state index in [-0.39, 0.29) is 11.9 Å². The minimum absolute atomic E-state index is 0.356. The minimum Gasteiger partial charge on any atom is -0.465 e. The molecule has 2 aromatic heterocycles. The van der Waals surface area contributed by atoms with E-state index in [0.717, 1.165) is 32.6 Å². The number of ether oxygens (including phenoxy) is 2. The molecule has 6 nitrogen and oxygen atoms in total. The van der Waals surface area contributed by atoms with Crippen molar-refractivity contribution >= 4 is 33.9 Å². The third-order valence-electron chi connectivity index (χ3n) is 4.04. The fourth-order valence-corrected chi connectivity index (χ4v) is 2.70. The number of rotatable bonds is 3. The summed E-state index contributed by atoms with van der Waals surface area (Å²) in [5.74, 6) is -0.719. The van der Waals surface area contributed by atoms with E-state index < -0.39 is 0 Å². The van der Waals surface area contributed by atoms with E-state index in [1.165, 1.54) is 26.6 Å². The molecule has 0 aliphatic carbocycles. The van der Waals surface area contributed by atoms with Crippen molar-refractivity contribution in [1.82, 2.24) is 9.97 Å². The van der Waals surface area contributed by atoms with Crippen molar-refractivity contribution in [3.63, 3.8) is 0 Å². The standard InChI is InChI=1S/C11H13NO2.C9H10BrNO2/c1-5-9-7(2)10(11(13)14-4)6-12-8(9)3;1-5-7(9(12)13-3)4-11-6(2)8(5)10/h5-6H,1H2,2-4H3;4H,1-3H3. The average molecular weight is 435 g/mol. The molecule has 2 heterocycles. The third-order valence-corrected chi connectivity index (χ3v) is 5.21. The van der Waals surface area contributed by atoms with E-state index >= 15 is 0 Å². The smallest absolute Gasteiger partial charge is 0.339 e. The lowest BCUT2D eigenvalue weighted by Gasteiger charge is -2.08. The number of aromatic nitrogens is 2. The average Bonchev–Trinajstić information content (AvgIpc) is 2.66. The number of hydrogen-bond donors (Lipinski definition) is 0. The Labute approximate surface area is 167 Å². The molecule has 0 aliphatic rings. The molecular weight excluding hydrogens is 412 g/mol. The van der Waals surface area contributed by atoms with Crippen molar-refractivity contribution in [3.05, 3.63) is 62.7 Å². The lowest BCUT2D eigenvalue weighted by atomic mass is 10.0. The van der Waals surface area contributed by atoms with Crippen LogP contribution in [-0.2, 0) is 9.47 Å². The van der Waals surface area contributed by atoms with Gasteiger partial charge in [0.25, 0.3) is 0 Å². The summed E-state index contributed by atoms with van der Waals surface area (Å²) >= 11 is 3.36. The van der Waals surface area contributed by atoms with E-state index in [0.29, 0.717) is 11.1 Å². The van der Waals surface area contributed by atoms with Gasteiger partial charge in [0.2, 0.25) is 0 Å². The van der Waals surface area contributed by atoms with Gasteiger partial charge in [-0.2, -0.15) is 0 Å². The molecular formula is C20H23BrN2O4. The fourth-order valence-electron chi connectivity index (χ4n) is 2.38. The highest BCUT2D eigenvalue weighted by atomic mass is 79.9. The van der Waals surface area contributed by atoms with Crippen LogP contribution in [0.4, 0.5) is 0 Å². The number of halogens is 1. The molecule has 27 heavy (non-hydrogen) atoms. The maximum atomic E-state index is 11.3. The van der Waals surface area contributed by atoms with E-state index in [1.54, 1.807) is 6.08 Å². The van der Waals surface area contributed by atoms with Crippen LogP contribution in [-0.4, -0.2) is 36.1 Å². The van der Waals surface area contributed by atoms with E-state index in [9.17, 15) is 9.59 Å². The van der Waals surface area contributed by atoms with Crippen LogP contribution in [0.25, 0.3) is 6.08 Å². The fraction of sp³-hybridized carbons (Fsp3) is 0.300. The maximum absolute atomic E-state index is 11.3. The van der Waals surface area contributed by atoms with Crippen molar-refractivity contribution in [2.75, 3.05) is 14.2 Å². The number of hydrogen-bond acceptors (Lipinski definition) is 6. The number of aryl methyl sites for hydroxylation is 2. The van der Waals surface area contributed by atoms with Gasteiger partial charge in [0.05, 0.1) is 31.0 Å². The third kappa shape index (κ3) is 5.23. The Morgan fingerprint density at radius 3 is 1.81 bits per heavy atom. The van der Waals surface area contributed by atoms with Gasteiger partial charge in [0, 0.05) is 22.6 Å². The van der Waals surface area contributed by atoms with Crippen LogP contribution in [0.3, 0.4) is 0 Å². The van der Waals surface area contributed by atoms with Crippen LogP contribution in [0.2, 0.25) is 0 Å². The first-order chi connectivity index (χ1) is 12.7. The molecule has 0 fully saturated rings. The zero-order valence-electron chi connectivity index (χ0n) is 16.3. The van der Waals surface area contributed by atoms with Crippen LogP contribution in [0.15, 0.2) is 23.4 Å². The maximum Gasteiger partial charge on any atom is 0.339 e. The SMILES string of the molecule is C=Cc1c(C)ncc(C(=O)OC)c1C.COC(=O)c1cnc(C)c(Br)c1C. The number of carbonyl (C=O) groups excluding carboxylic acids is 2. The summed E-state index contributed by atoms with van der Waals surface area (Å²) in [5.41, 5.74) is 5.34. The van der Waals surface area contributed by atoms with Crippen molar-refractivity contribution in [2.24, 2.45) is 0 Å². The lowest BCUT2D eigenvalue weighted by Crippen LogP contribution is -2.07. The summed E-state index contributed by atoms with van der Waals surface area (Å²) in [7, 11) is 2.71. The molecule has 0 unspecified atom stereocenters. The van der Waals surface area contributed by atoms with Crippen molar-refractivity contribution in [1.29, 1.82) is 0 Å². The Hall–Kier alpha value is -2.54. The summed E-state index contributed by atoms with van der Waals surface area (Å²) in [6, 6.07) is 0. The topological polar surface area (TPSA) is 78.4 Å². The lowest BCUT2D eigenvalue weighted by molar-refractivity contribution is 0.0590. The van der Waals surface area contributed by atoms with Crippen LogP contribution in [0.5, 0.6) is 0 Å². The quantitative estimate of drug-likeness (QED) is 0.666. The highest BCUT2D eigenvalue weighted by Gasteiger charge is 2.14. The molecule has 0 bridgehead atoms. The van der Waals surface area contributed by atoms with Gasteiger partial charge in [-0.25, -0.2) is 9.59 Å². The van der Waals surface area contributed by atoms with Gasteiger partial charge in [-0.15, -0.1) is 0 Å². The highest BCUT2D eigenvalue weighted by molar-refractivity contribution is 9.10. The predicted octanol–water partition coefficient (Wildman–Crippen LogP) is 4.38. The first-order valence-corrected chi connectivity index (χ1v) is 8.85. The Balaban J connectivity index is 0.000000271. The summed E-state index contributed by atoms with van der Waals surface area (Å²) < 4.78 is 10.1. The van der Waals surface area contributed by atoms with E-state index in [4.69, 9.17) is 0 Å². The van der Waals surface area contributed by atoms with Gasteiger partial charge in [0.1, 0.15) is 0 Å². The molecule has 0 aromatic carbocycles. The number of esters is 2. The molecule has 0 atom stereocenters. The predicted molar refractivity (Wildman–Crippen MR) is 108 cm³/mol. The number of carbonyl (C=O) groups is 2. The summed E-state index contributed by atoms with van der Waals surface area (Å²) in [5, 5.41) is 0. The van der Waals surface area contributed by atoms with Gasteiger partial charge < -0.3 is 9.47 Å². The first-order valence-electron chi connectivity index (χ1n) is 8.06. The van der Waals surface area contributed by atoms with Crippen LogP contribution >= 0.6 is 15.9 Å². The highest BCUT2D eigenvalue weighted by Crippen LogP contribution is 2.22. The molecule has 144 valence electrons. The zero-order valence-corrected chi connectivity index (χ0v) is 17.9. The molecule has 0 aliphatic heterocycles. The van der Waals surface area contributed by atoms with E-state index in [2.05, 4.69) is 42.0 Å². The second kappa shape index (κ2) is 9.97. The molecule has 0 saturated carbocycles. The molecule has 0 radical (unpaired) electrons. The summed E-state index contributed by atoms with van der Waals surface area (Å²) in [6.45, 7) is 11.2. The number of nitrogens with zero attached hydrogens (tertiary/aromatic N) is 2. The summed E-state index contributed by atoms with van der Waals surface area (Å²) in [6.07, 6.45) is 4.76. The zero-order chi connectivity index (χ0) is 20.7. The second-order valence-corrected chi connectivity index (χ2v) is 6.47. The van der Waals surface area contributed by atoms with Crippen LogP contribution in [0, 0.1) is 27.7 Å². The Morgan fingerprint density at radius 1 is 0.926 bits per heavy atom. The van der Waals surface area contributed by atoms with Gasteiger partial charge in [0.15, 0.2) is 0 Å². The molecule has 2 rings (SSSR count). The van der Waals surface area contributed by atoms with Gasteiger partial charge in [-0.3, -0.25) is 9.97 Å². The van der Waals surface area contributed by atoms with Crippen LogP contribution in [0.1, 0.15) is 48.8 Å². The molecule has 7 heteroatoms. The monoisotopic (exact) mass is 434 g/mol. The first kappa shape index (κ1) is 22.5. The Bertz CT molecular complexity index is 879. The van der Waals surface area contributed by atoms with Crippen molar-refractivity contribution in [2.45, 2.75) is 27.7 Å². The van der Waals surface area contributed by atoms with Crippen LogP contribution < -0.4 is 0 Å². The molecule has 0 amide bonds. The van der Waals surface area contributed by atoms with Gasteiger partial charge in [-0.05, 0) is 60.3 Å². The Morgan fingerprint density at radius 2 is 1.37 bits per heavy atom. The summed E-state index contributed by atoms with van der Waals surface area (Å²) in [4.78, 5) is 30.7. The van der Waals surface area contributed by atoms with Gasteiger partial charge in [-0.1, -0.05) is 12.7 Å². The van der Waals surface area contributed by atoms with Crippen molar-refractivity contribution in [3.8, 4) is 0 Å². The molecule has 0 saturated heterocycles. The largest absolute Gasteiger partial charge is 0.465 e. The van der Waals surface area contributed by atoms with Crippen molar-refractivity contribution < 1.29 is 19.1 Å². The second-order valence-electron chi connectivity index (χ2n) is 5.68.